The summed E-state index contributed by atoms with van der Waals surface area (Å²) in [7, 11) is 0. The van der Waals surface area contributed by atoms with Crippen molar-refractivity contribution in [3.05, 3.63) is 66.1 Å². The van der Waals surface area contributed by atoms with Crippen molar-refractivity contribution in [3.8, 4) is 6.07 Å². The van der Waals surface area contributed by atoms with Crippen LogP contribution in [0.15, 0.2) is 60.5 Å². The van der Waals surface area contributed by atoms with E-state index in [-0.39, 0.29) is 0 Å². The first-order valence-electron chi connectivity index (χ1n) is 9.13. The molecule has 0 spiro atoms. The summed E-state index contributed by atoms with van der Waals surface area (Å²) in [5.41, 5.74) is 2.23. The zero-order valence-corrected chi connectivity index (χ0v) is 17.0. The Labute approximate surface area is 162 Å². The highest BCUT2D eigenvalue weighted by molar-refractivity contribution is 5.62. The Morgan fingerprint density at radius 3 is 2.63 bits per heavy atom. The SMILES string of the molecule is C=C/C=C\C(=C/CC)n1cc(C#N)c(N/C(=C/C=C(\C)C(C)(C)O)CC)n1. The van der Waals surface area contributed by atoms with E-state index >= 15 is 0 Å². The number of anilines is 1. The van der Waals surface area contributed by atoms with Crippen LogP contribution < -0.4 is 5.32 Å². The van der Waals surface area contributed by atoms with Crippen molar-refractivity contribution in [3.63, 3.8) is 0 Å². The molecule has 144 valence electrons. The van der Waals surface area contributed by atoms with Crippen molar-refractivity contribution in [1.82, 2.24) is 9.78 Å². The summed E-state index contributed by atoms with van der Waals surface area (Å²) in [6.07, 6.45) is 14.6. The third kappa shape index (κ3) is 6.76. The third-order valence-corrected chi connectivity index (χ3v) is 4.07. The summed E-state index contributed by atoms with van der Waals surface area (Å²) in [4.78, 5) is 0. The molecule has 1 aromatic heterocycles. The number of aliphatic hydroxyl groups is 1. The number of nitrogens with zero attached hydrogens (tertiary/aromatic N) is 3. The molecule has 0 fully saturated rings. The quantitative estimate of drug-likeness (QED) is 0.591. The van der Waals surface area contributed by atoms with Gasteiger partial charge in [0, 0.05) is 5.70 Å². The Morgan fingerprint density at radius 1 is 1.41 bits per heavy atom. The van der Waals surface area contributed by atoms with Crippen LogP contribution >= 0.6 is 0 Å². The molecule has 1 rings (SSSR count). The van der Waals surface area contributed by atoms with E-state index in [0.29, 0.717) is 11.4 Å². The first-order valence-corrected chi connectivity index (χ1v) is 9.13. The molecular formula is C22H30N4O. The summed E-state index contributed by atoms with van der Waals surface area (Å²) < 4.78 is 1.69. The van der Waals surface area contributed by atoms with Gasteiger partial charge in [-0.05, 0) is 51.3 Å². The largest absolute Gasteiger partial charge is 0.386 e. The van der Waals surface area contributed by atoms with Crippen molar-refractivity contribution < 1.29 is 5.11 Å². The molecule has 0 radical (unpaired) electrons. The Bertz CT molecular complexity index is 808. The van der Waals surface area contributed by atoms with Gasteiger partial charge in [0.1, 0.15) is 11.6 Å². The predicted octanol–water partition coefficient (Wildman–Crippen LogP) is 5.17. The molecule has 0 saturated carbocycles. The molecule has 0 aliphatic carbocycles. The van der Waals surface area contributed by atoms with Crippen LogP contribution in [0.5, 0.6) is 0 Å². The highest BCUT2D eigenvalue weighted by Gasteiger charge is 2.14. The molecule has 1 aromatic rings. The maximum Gasteiger partial charge on any atom is 0.170 e. The van der Waals surface area contributed by atoms with Crippen LogP contribution in [-0.2, 0) is 0 Å². The van der Waals surface area contributed by atoms with E-state index in [1.54, 1.807) is 30.8 Å². The number of hydrogen-bond donors (Lipinski definition) is 2. The van der Waals surface area contributed by atoms with Crippen molar-refractivity contribution in [2.24, 2.45) is 0 Å². The molecule has 0 bridgehead atoms. The van der Waals surface area contributed by atoms with Gasteiger partial charge < -0.3 is 10.4 Å². The number of aromatic nitrogens is 2. The highest BCUT2D eigenvalue weighted by Crippen LogP contribution is 2.20. The van der Waals surface area contributed by atoms with E-state index in [0.717, 1.165) is 29.8 Å². The summed E-state index contributed by atoms with van der Waals surface area (Å²) in [6, 6.07) is 2.19. The lowest BCUT2D eigenvalue weighted by Crippen LogP contribution is -2.19. The lowest BCUT2D eigenvalue weighted by Gasteiger charge is -2.17. The second kappa shape index (κ2) is 10.3. The first kappa shape index (κ1) is 22.2. The summed E-state index contributed by atoms with van der Waals surface area (Å²) in [5, 5.41) is 27.3. The molecule has 5 heteroatoms. The molecule has 27 heavy (non-hydrogen) atoms. The fourth-order valence-corrected chi connectivity index (χ4v) is 2.12. The average Bonchev–Trinajstić information content (AvgIpc) is 3.03. The van der Waals surface area contributed by atoms with Gasteiger partial charge in [-0.3, -0.25) is 0 Å². The van der Waals surface area contributed by atoms with Crippen LogP contribution in [0.2, 0.25) is 0 Å². The Balaban J connectivity index is 3.21. The van der Waals surface area contributed by atoms with Crippen LogP contribution in [0, 0.1) is 11.3 Å². The van der Waals surface area contributed by atoms with Crippen LogP contribution in [0.4, 0.5) is 5.82 Å². The number of nitrogens with one attached hydrogen (secondary N) is 1. The van der Waals surface area contributed by atoms with E-state index in [4.69, 9.17) is 0 Å². The van der Waals surface area contributed by atoms with Gasteiger partial charge in [-0.25, -0.2) is 4.68 Å². The summed E-state index contributed by atoms with van der Waals surface area (Å²) in [5.74, 6) is 0.508. The molecule has 0 atom stereocenters. The van der Waals surface area contributed by atoms with Crippen molar-refractivity contribution in [1.29, 1.82) is 5.26 Å². The van der Waals surface area contributed by atoms with E-state index in [1.165, 1.54) is 0 Å². The van der Waals surface area contributed by atoms with Crippen molar-refractivity contribution in [2.75, 3.05) is 5.32 Å². The van der Waals surface area contributed by atoms with Gasteiger partial charge in [-0.1, -0.05) is 44.7 Å². The molecular weight excluding hydrogens is 336 g/mol. The molecule has 0 unspecified atom stereocenters. The van der Waals surface area contributed by atoms with Crippen LogP contribution in [-0.4, -0.2) is 20.5 Å². The van der Waals surface area contributed by atoms with E-state index in [9.17, 15) is 10.4 Å². The van der Waals surface area contributed by atoms with Gasteiger partial charge in [0.2, 0.25) is 0 Å². The van der Waals surface area contributed by atoms with E-state index in [1.807, 2.05) is 51.2 Å². The van der Waals surface area contributed by atoms with Gasteiger partial charge in [0.05, 0.1) is 17.5 Å². The van der Waals surface area contributed by atoms with E-state index < -0.39 is 5.60 Å². The first-order chi connectivity index (χ1) is 12.8. The Morgan fingerprint density at radius 2 is 2.11 bits per heavy atom. The second-order valence-electron chi connectivity index (χ2n) is 6.66. The minimum atomic E-state index is -0.869. The normalized spacial score (nSPS) is 13.7. The van der Waals surface area contributed by atoms with Gasteiger partial charge in [0.25, 0.3) is 0 Å². The lowest BCUT2D eigenvalue weighted by molar-refractivity contribution is 0.120. The van der Waals surface area contributed by atoms with Crippen molar-refractivity contribution >= 4 is 11.5 Å². The zero-order valence-electron chi connectivity index (χ0n) is 17.0. The van der Waals surface area contributed by atoms with Crippen LogP contribution in [0.3, 0.4) is 0 Å². The second-order valence-corrected chi connectivity index (χ2v) is 6.66. The fourth-order valence-electron chi connectivity index (χ4n) is 2.12. The standard InChI is InChI=1S/C22H30N4O/c1-7-10-12-20(11-8-2)26-16-18(15-23)21(25-26)24-19(9-3)14-13-17(4)22(5,6)27/h7,10-14,16,27H,1,8-9H2,2-6H3,(H,24,25)/b12-10-,17-13+,19-14+,20-11+. The monoisotopic (exact) mass is 366 g/mol. The molecule has 0 aromatic carbocycles. The van der Waals surface area contributed by atoms with Gasteiger partial charge in [0.15, 0.2) is 5.82 Å². The highest BCUT2D eigenvalue weighted by atomic mass is 16.3. The zero-order chi connectivity index (χ0) is 20.4. The van der Waals surface area contributed by atoms with Gasteiger partial charge >= 0.3 is 0 Å². The Hall–Kier alpha value is -2.84. The molecule has 1 heterocycles. The average molecular weight is 367 g/mol. The molecule has 0 amide bonds. The third-order valence-electron chi connectivity index (χ3n) is 4.07. The molecule has 2 N–H and O–H groups in total. The molecule has 0 aliphatic heterocycles. The van der Waals surface area contributed by atoms with Crippen molar-refractivity contribution in [2.45, 2.75) is 53.1 Å². The summed E-state index contributed by atoms with van der Waals surface area (Å²) >= 11 is 0. The minimum absolute atomic E-state index is 0.464. The molecule has 0 saturated heterocycles. The van der Waals surface area contributed by atoms with E-state index in [2.05, 4.69) is 23.1 Å². The van der Waals surface area contributed by atoms with Crippen LogP contribution in [0.25, 0.3) is 5.70 Å². The number of allylic oxidation sites excluding steroid dienone is 8. The maximum atomic E-state index is 10.0. The number of nitriles is 1. The minimum Gasteiger partial charge on any atom is -0.386 e. The molecule has 0 aliphatic rings. The summed E-state index contributed by atoms with van der Waals surface area (Å²) in [6.45, 7) is 13.1. The smallest absolute Gasteiger partial charge is 0.170 e. The lowest BCUT2D eigenvalue weighted by atomic mass is 9.99. The topological polar surface area (TPSA) is 73.9 Å². The fraction of sp³-hybridized carbons (Fsp3) is 0.364. The number of rotatable bonds is 9. The van der Waals surface area contributed by atoms with Crippen LogP contribution in [0.1, 0.15) is 53.0 Å². The molecule has 5 nitrogen and oxygen atoms in total. The van der Waals surface area contributed by atoms with Gasteiger partial charge in [-0.2, -0.15) is 5.26 Å². The predicted molar refractivity (Wildman–Crippen MR) is 113 cm³/mol. The number of hydrogen-bond acceptors (Lipinski definition) is 4. The van der Waals surface area contributed by atoms with Gasteiger partial charge in [-0.15, -0.1) is 5.10 Å². The maximum absolute atomic E-state index is 10.0. The Kier molecular flexibility index (Phi) is 8.50.